The molecular weight excluding hydrogens is 480 g/mol. The molecule has 1 N–H and O–H groups in total. The summed E-state index contributed by atoms with van der Waals surface area (Å²) in [5.41, 5.74) is 4.18. The highest BCUT2D eigenvalue weighted by atomic mass is 35.5. The van der Waals surface area contributed by atoms with Gasteiger partial charge in [0, 0.05) is 10.6 Å². The summed E-state index contributed by atoms with van der Waals surface area (Å²) in [5, 5.41) is 9.87. The number of imide groups is 1. The van der Waals surface area contributed by atoms with Crippen LogP contribution in [0.15, 0.2) is 89.3 Å². The number of aromatic nitrogens is 1. The third-order valence-corrected chi connectivity index (χ3v) is 6.27. The standard InChI is InChI=1S/C28H15ClN2O5/c29-19-5-1-3-15(11-19)16-8-10-24-23(14-16)30-25(36-24)17-4-2-6-20(12-17)31-26(32)21-9-7-18(28(34)35)13-22(21)27(31)33/h1-14H,(H,34,35). The summed E-state index contributed by atoms with van der Waals surface area (Å²) < 4.78 is 5.95. The molecule has 0 spiro atoms. The summed E-state index contributed by atoms with van der Waals surface area (Å²) in [5.74, 6) is -1.94. The molecule has 0 saturated heterocycles. The molecule has 0 saturated carbocycles. The molecule has 1 aromatic heterocycles. The summed E-state index contributed by atoms with van der Waals surface area (Å²) in [4.78, 5) is 43.0. The van der Waals surface area contributed by atoms with E-state index in [0.29, 0.717) is 33.3 Å². The van der Waals surface area contributed by atoms with E-state index in [1.165, 1.54) is 18.2 Å². The predicted octanol–water partition coefficient (Wildman–Crippen LogP) is 6.31. The van der Waals surface area contributed by atoms with E-state index < -0.39 is 17.8 Å². The Bertz CT molecular complexity index is 1740. The molecule has 0 aliphatic carbocycles. The molecule has 1 aliphatic rings. The topological polar surface area (TPSA) is 101 Å². The zero-order chi connectivity index (χ0) is 25.0. The molecular formula is C28H15ClN2O5. The van der Waals surface area contributed by atoms with Gasteiger partial charge in [0.05, 0.1) is 22.4 Å². The van der Waals surface area contributed by atoms with Crippen LogP contribution >= 0.6 is 11.6 Å². The van der Waals surface area contributed by atoms with E-state index in [2.05, 4.69) is 4.98 Å². The van der Waals surface area contributed by atoms with E-state index in [1.807, 2.05) is 42.5 Å². The number of aromatic carboxylic acids is 1. The number of rotatable bonds is 4. The SMILES string of the molecule is O=C(O)c1ccc2c(c1)C(=O)N(c1cccc(-c3nc4cc(-c5cccc(Cl)c5)ccc4o3)c1)C2=O. The van der Waals surface area contributed by atoms with Crippen LogP contribution in [0.25, 0.3) is 33.7 Å². The second-order valence-electron chi connectivity index (χ2n) is 8.27. The summed E-state index contributed by atoms with van der Waals surface area (Å²) >= 11 is 6.13. The number of nitrogens with zero attached hydrogens (tertiary/aromatic N) is 2. The first-order valence-corrected chi connectivity index (χ1v) is 11.3. The minimum atomic E-state index is -1.17. The lowest BCUT2D eigenvalue weighted by Crippen LogP contribution is -2.29. The fourth-order valence-corrected chi connectivity index (χ4v) is 4.48. The molecule has 0 bridgehead atoms. The van der Waals surface area contributed by atoms with E-state index in [4.69, 9.17) is 16.0 Å². The van der Waals surface area contributed by atoms with Crippen LogP contribution in [0.5, 0.6) is 0 Å². The molecule has 0 radical (unpaired) electrons. The fourth-order valence-electron chi connectivity index (χ4n) is 4.28. The monoisotopic (exact) mass is 494 g/mol. The van der Waals surface area contributed by atoms with Gasteiger partial charge in [-0.05, 0) is 71.8 Å². The normalized spacial score (nSPS) is 12.9. The summed E-state index contributed by atoms with van der Waals surface area (Å²) in [7, 11) is 0. The second kappa shape index (κ2) is 8.18. The highest BCUT2D eigenvalue weighted by Gasteiger charge is 2.37. The van der Waals surface area contributed by atoms with Crippen LogP contribution in [0.3, 0.4) is 0 Å². The number of anilines is 1. The Hall–Kier alpha value is -4.75. The fraction of sp³-hybridized carbons (Fsp3) is 0. The van der Waals surface area contributed by atoms with Crippen molar-refractivity contribution in [2.75, 3.05) is 4.90 Å². The molecule has 6 rings (SSSR count). The van der Waals surface area contributed by atoms with Crippen LogP contribution in [0.2, 0.25) is 5.02 Å². The van der Waals surface area contributed by atoms with Crippen molar-refractivity contribution in [1.29, 1.82) is 0 Å². The van der Waals surface area contributed by atoms with Gasteiger partial charge < -0.3 is 9.52 Å². The van der Waals surface area contributed by atoms with Gasteiger partial charge >= 0.3 is 5.97 Å². The van der Waals surface area contributed by atoms with E-state index in [0.717, 1.165) is 16.0 Å². The van der Waals surface area contributed by atoms with E-state index in [9.17, 15) is 19.5 Å². The maximum Gasteiger partial charge on any atom is 0.335 e. The number of benzene rings is 4. The van der Waals surface area contributed by atoms with Crippen molar-refractivity contribution in [3.8, 4) is 22.6 Å². The number of hydrogen-bond donors (Lipinski definition) is 1. The molecule has 0 atom stereocenters. The van der Waals surface area contributed by atoms with E-state index >= 15 is 0 Å². The molecule has 36 heavy (non-hydrogen) atoms. The predicted molar refractivity (Wildman–Crippen MR) is 134 cm³/mol. The number of hydrogen-bond acceptors (Lipinski definition) is 5. The first-order chi connectivity index (χ1) is 17.4. The van der Waals surface area contributed by atoms with Crippen molar-refractivity contribution >= 4 is 46.2 Å². The van der Waals surface area contributed by atoms with Crippen molar-refractivity contribution in [2.45, 2.75) is 0 Å². The average molecular weight is 495 g/mol. The molecule has 2 amide bonds. The van der Waals surface area contributed by atoms with Gasteiger partial charge in [-0.15, -0.1) is 0 Å². The van der Waals surface area contributed by atoms with Gasteiger partial charge in [0.2, 0.25) is 5.89 Å². The number of fused-ring (bicyclic) bond motifs is 2. The highest BCUT2D eigenvalue weighted by molar-refractivity contribution is 6.34. The number of carboxylic acids is 1. The van der Waals surface area contributed by atoms with Crippen LogP contribution in [0, 0.1) is 0 Å². The van der Waals surface area contributed by atoms with Crippen molar-refractivity contribution in [3.05, 3.63) is 107 Å². The first kappa shape index (κ1) is 21.8. The molecule has 8 heteroatoms. The lowest BCUT2D eigenvalue weighted by atomic mass is 10.1. The lowest BCUT2D eigenvalue weighted by molar-refractivity contribution is 0.0696. The van der Waals surface area contributed by atoms with Crippen LogP contribution in [-0.2, 0) is 0 Å². The molecule has 7 nitrogen and oxygen atoms in total. The van der Waals surface area contributed by atoms with Gasteiger partial charge in [-0.3, -0.25) is 9.59 Å². The smallest absolute Gasteiger partial charge is 0.335 e. The molecule has 5 aromatic rings. The minimum Gasteiger partial charge on any atom is -0.478 e. The summed E-state index contributed by atoms with van der Waals surface area (Å²) in [6, 6.07) is 23.8. The Balaban J connectivity index is 1.36. The van der Waals surface area contributed by atoms with Crippen LogP contribution in [0.1, 0.15) is 31.1 Å². The Labute approximate surface area is 209 Å². The molecule has 4 aromatic carbocycles. The van der Waals surface area contributed by atoms with Gasteiger partial charge in [-0.2, -0.15) is 0 Å². The molecule has 0 fully saturated rings. The Morgan fingerprint density at radius 2 is 1.56 bits per heavy atom. The van der Waals surface area contributed by atoms with Gasteiger partial charge in [0.25, 0.3) is 11.8 Å². The zero-order valence-electron chi connectivity index (χ0n) is 18.4. The van der Waals surface area contributed by atoms with Crippen molar-refractivity contribution < 1.29 is 23.9 Å². The molecule has 1 aliphatic heterocycles. The number of amides is 2. The Morgan fingerprint density at radius 3 is 2.36 bits per heavy atom. The first-order valence-electron chi connectivity index (χ1n) is 10.9. The lowest BCUT2D eigenvalue weighted by Gasteiger charge is -2.14. The van der Waals surface area contributed by atoms with Crippen molar-refractivity contribution in [1.82, 2.24) is 4.98 Å². The number of halogens is 1. The number of oxazole rings is 1. The molecule has 174 valence electrons. The quantitative estimate of drug-likeness (QED) is 0.294. The largest absolute Gasteiger partial charge is 0.478 e. The minimum absolute atomic E-state index is 0.0562. The summed E-state index contributed by atoms with van der Waals surface area (Å²) in [6.07, 6.45) is 0. The number of carbonyl (C=O) groups excluding carboxylic acids is 2. The molecule has 0 unspecified atom stereocenters. The second-order valence-corrected chi connectivity index (χ2v) is 8.71. The maximum atomic E-state index is 13.0. The van der Waals surface area contributed by atoms with Gasteiger partial charge in [-0.1, -0.05) is 35.9 Å². The van der Waals surface area contributed by atoms with E-state index in [-0.39, 0.29) is 16.7 Å². The van der Waals surface area contributed by atoms with Crippen molar-refractivity contribution in [2.24, 2.45) is 0 Å². The van der Waals surface area contributed by atoms with Crippen LogP contribution in [-0.4, -0.2) is 27.9 Å². The third-order valence-electron chi connectivity index (χ3n) is 6.03. The highest BCUT2D eigenvalue weighted by Crippen LogP contribution is 2.34. The van der Waals surface area contributed by atoms with Crippen molar-refractivity contribution in [3.63, 3.8) is 0 Å². The van der Waals surface area contributed by atoms with E-state index in [1.54, 1.807) is 24.3 Å². The number of carboxylic acid groups (broad SMARTS) is 1. The van der Waals surface area contributed by atoms with Crippen LogP contribution < -0.4 is 4.90 Å². The zero-order valence-corrected chi connectivity index (χ0v) is 19.2. The number of carbonyl (C=O) groups is 3. The molecule has 2 heterocycles. The van der Waals surface area contributed by atoms with Gasteiger partial charge in [0.15, 0.2) is 5.58 Å². The van der Waals surface area contributed by atoms with Crippen LogP contribution in [0.4, 0.5) is 5.69 Å². The van der Waals surface area contributed by atoms with Gasteiger partial charge in [0.1, 0.15) is 5.52 Å². The average Bonchev–Trinajstić information content (AvgIpc) is 3.42. The van der Waals surface area contributed by atoms with Gasteiger partial charge in [-0.25, -0.2) is 14.7 Å². The third kappa shape index (κ3) is 3.54. The Morgan fingerprint density at radius 1 is 0.806 bits per heavy atom. The maximum absolute atomic E-state index is 13.0. The summed E-state index contributed by atoms with van der Waals surface area (Å²) in [6.45, 7) is 0. The Kier molecular flexibility index (Phi) is 4.94.